The molecule has 1 aliphatic heterocycles. The van der Waals surface area contributed by atoms with Crippen molar-refractivity contribution in [1.82, 2.24) is 19.9 Å². The predicted octanol–water partition coefficient (Wildman–Crippen LogP) is 2.00. The van der Waals surface area contributed by atoms with E-state index >= 15 is 0 Å². The van der Waals surface area contributed by atoms with E-state index in [2.05, 4.69) is 22.1 Å². The number of piperidine rings is 1. The SMILES string of the molecule is CC(Cn1nnc2c(C(=O)O)cccc21)N1CCCCC1. The van der Waals surface area contributed by atoms with Gasteiger partial charge < -0.3 is 5.11 Å². The van der Waals surface area contributed by atoms with E-state index in [1.54, 1.807) is 12.1 Å². The third kappa shape index (κ3) is 2.76. The van der Waals surface area contributed by atoms with Crippen LogP contribution in [0.15, 0.2) is 18.2 Å². The van der Waals surface area contributed by atoms with Gasteiger partial charge in [-0.25, -0.2) is 9.48 Å². The Morgan fingerprint density at radius 3 is 2.81 bits per heavy atom. The number of fused-ring (bicyclic) bond motifs is 1. The molecule has 0 bridgehead atoms. The Morgan fingerprint density at radius 1 is 1.33 bits per heavy atom. The van der Waals surface area contributed by atoms with Gasteiger partial charge in [-0.1, -0.05) is 17.7 Å². The summed E-state index contributed by atoms with van der Waals surface area (Å²) in [6.45, 7) is 5.20. The fourth-order valence-corrected chi connectivity index (χ4v) is 3.02. The third-order valence-electron chi connectivity index (χ3n) is 4.23. The smallest absolute Gasteiger partial charge is 0.338 e. The maximum atomic E-state index is 11.2. The van der Waals surface area contributed by atoms with E-state index in [9.17, 15) is 9.90 Å². The highest BCUT2D eigenvalue weighted by molar-refractivity contribution is 6.00. The molecule has 0 amide bonds. The van der Waals surface area contributed by atoms with Crippen molar-refractivity contribution in [3.8, 4) is 0 Å². The molecule has 1 aromatic carbocycles. The quantitative estimate of drug-likeness (QED) is 0.931. The Hall–Kier alpha value is -1.95. The van der Waals surface area contributed by atoms with Crippen molar-refractivity contribution in [2.75, 3.05) is 13.1 Å². The normalized spacial score (nSPS) is 18.0. The lowest BCUT2D eigenvalue weighted by Gasteiger charge is -2.32. The van der Waals surface area contributed by atoms with Gasteiger partial charge in [-0.3, -0.25) is 4.90 Å². The number of hydrogen-bond acceptors (Lipinski definition) is 4. The van der Waals surface area contributed by atoms with Crippen LogP contribution in [0.1, 0.15) is 36.5 Å². The summed E-state index contributed by atoms with van der Waals surface area (Å²) in [6.07, 6.45) is 3.83. The van der Waals surface area contributed by atoms with Gasteiger partial charge in [0.2, 0.25) is 0 Å². The monoisotopic (exact) mass is 288 g/mol. The van der Waals surface area contributed by atoms with Gasteiger partial charge in [-0.05, 0) is 45.0 Å². The van der Waals surface area contributed by atoms with Crippen LogP contribution in [-0.2, 0) is 6.54 Å². The Morgan fingerprint density at radius 2 is 2.10 bits per heavy atom. The molecule has 1 aromatic heterocycles. The van der Waals surface area contributed by atoms with Crippen molar-refractivity contribution >= 4 is 17.0 Å². The van der Waals surface area contributed by atoms with Gasteiger partial charge in [0.05, 0.1) is 17.6 Å². The first kappa shape index (κ1) is 14.0. The molecule has 2 heterocycles. The zero-order valence-electron chi connectivity index (χ0n) is 12.2. The molecule has 6 nitrogen and oxygen atoms in total. The van der Waals surface area contributed by atoms with E-state index in [-0.39, 0.29) is 5.56 Å². The second-order valence-electron chi connectivity index (χ2n) is 5.70. The highest BCUT2D eigenvalue weighted by Crippen LogP contribution is 2.18. The van der Waals surface area contributed by atoms with Crippen molar-refractivity contribution < 1.29 is 9.90 Å². The number of carboxylic acids is 1. The molecule has 1 atom stereocenters. The minimum absolute atomic E-state index is 0.212. The summed E-state index contributed by atoms with van der Waals surface area (Å²) in [6, 6.07) is 5.57. The van der Waals surface area contributed by atoms with Gasteiger partial charge in [0, 0.05) is 6.04 Å². The molecule has 0 aliphatic carbocycles. The van der Waals surface area contributed by atoms with E-state index < -0.39 is 5.97 Å². The van der Waals surface area contributed by atoms with Crippen LogP contribution in [-0.4, -0.2) is 50.1 Å². The first-order valence-electron chi connectivity index (χ1n) is 7.46. The Balaban J connectivity index is 1.84. The summed E-state index contributed by atoms with van der Waals surface area (Å²) in [7, 11) is 0. The molecular formula is C15H20N4O2. The van der Waals surface area contributed by atoms with Gasteiger partial charge in [0.1, 0.15) is 5.52 Å². The first-order valence-corrected chi connectivity index (χ1v) is 7.46. The predicted molar refractivity (Wildman–Crippen MR) is 79.4 cm³/mol. The van der Waals surface area contributed by atoms with Crippen LogP contribution in [0, 0.1) is 0 Å². The molecule has 1 unspecified atom stereocenters. The van der Waals surface area contributed by atoms with Crippen molar-refractivity contribution in [2.24, 2.45) is 0 Å². The summed E-state index contributed by atoms with van der Waals surface area (Å²) in [4.78, 5) is 13.7. The summed E-state index contributed by atoms with van der Waals surface area (Å²) in [5, 5.41) is 17.4. The van der Waals surface area contributed by atoms with Crippen LogP contribution in [0.3, 0.4) is 0 Å². The fourth-order valence-electron chi connectivity index (χ4n) is 3.02. The molecule has 3 rings (SSSR count). The van der Waals surface area contributed by atoms with Gasteiger partial charge in [-0.2, -0.15) is 0 Å². The number of benzene rings is 1. The minimum Gasteiger partial charge on any atom is -0.478 e. The molecular weight excluding hydrogens is 268 g/mol. The van der Waals surface area contributed by atoms with E-state index in [1.165, 1.54) is 19.3 Å². The first-order chi connectivity index (χ1) is 10.2. The summed E-state index contributed by atoms with van der Waals surface area (Å²) in [5.41, 5.74) is 1.47. The van der Waals surface area contributed by atoms with Gasteiger partial charge in [-0.15, -0.1) is 5.10 Å². The van der Waals surface area contributed by atoms with Crippen LogP contribution >= 0.6 is 0 Å². The maximum absolute atomic E-state index is 11.2. The molecule has 6 heteroatoms. The number of aromatic nitrogens is 3. The molecule has 112 valence electrons. The van der Waals surface area contributed by atoms with Crippen LogP contribution in [0.4, 0.5) is 0 Å². The summed E-state index contributed by atoms with van der Waals surface area (Å²) < 4.78 is 1.82. The second-order valence-corrected chi connectivity index (χ2v) is 5.70. The van der Waals surface area contributed by atoms with Crippen molar-refractivity contribution in [3.63, 3.8) is 0 Å². The number of likely N-dealkylation sites (tertiary alicyclic amines) is 1. The van der Waals surface area contributed by atoms with Gasteiger partial charge in [0.15, 0.2) is 0 Å². The second kappa shape index (κ2) is 5.81. The Labute approximate surface area is 123 Å². The summed E-state index contributed by atoms with van der Waals surface area (Å²) >= 11 is 0. The van der Waals surface area contributed by atoms with Crippen LogP contribution in [0.25, 0.3) is 11.0 Å². The van der Waals surface area contributed by atoms with Crippen LogP contribution in [0.2, 0.25) is 0 Å². The number of rotatable bonds is 4. The minimum atomic E-state index is -0.961. The molecule has 21 heavy (non-hydrogen) atoms. The maximum Gasteiger partial charge on any atom is 0.338 e. The summed E-state index contributed by atoms with van der Waals surface area (Å²) in [5.74, 6) is -0.961. The Kier molecular flexibility index (Phi) is 3.88. The van der Waals surface area contributed by atoms with E-state index in [0.29, 0.717) is 11.6 Å². The Bertz CT molecular complexity index is 646. The lowest BCUT2D eigenvalue weighted by atomic mass is 10.1. The van der Waals surface area contributed by atoms with Crippen molar-refractivity contribution in [2.45, 2.75) is 38.8 Å². The molecule has 0 saturated carbocycles. The molecule has 1 aliphatic rings. The van der Waals surface area contributed by atoms with Crippen LogP contribution < -0.4 is 0 Å². The molecule has 2 aromatic rings. The zero-order valence-corrected chi connectivity index (χ0v) is 12.2. The standard InChI is InChI=1S/C15H20N4O2/c1-11(18-8-3-2-4-9-18)10-19-13-7-5-6-12(15(20)21)14(13)16-17-19/h5-7,11H,2-4,8-10H2,1H3,(H,20,21). The average molecular weight is 288 g/mol. The zero-order chi connectivity index (χ0) is 14.8. The fraction of sp³-hybridized carbons (Fsp3) is 0.533. The number of aromatic carboxylic acids is 1. The van der Waals surface area contributed by atoms with Gasteiger partial charge in [0.25, 0.3) is 0 Å². The third-order valence-corrected chi connectivity index (χ3v) is 4.23. The average Bonchev–Trinajstić information content (AvgIpc) is 2.91. The number of carbonyl (C=O) groups is 1. The number of hydrogen-bond donors (Lipinski definition) is 1. The van der Waals surface area contributed by atoms with Crippen molar-refractivity contribution in [3.05, 3.63) is 23.8 Å². The topological polar surface area (TPSA) is 71.2 Å². The molecule has 1 fully saturated rings. The van der Waals surface area contributed by atoms with Crippen LogP contribution in [0.5, 0.6) is 0 Å². The number of nitrogens with zero attached hydrogens (tertiary/aromatic N) is 4. The van der Waals surface area contributed by atoms with E-state index in [4.69, 9.17) is 0 Å². The van der Waals surface area contributed by atoms with E-state index in [0.717, 1.165) is 25.2 Å². The van der Waals surface area contributed by atoms with Gasteiger partial charge >= 0.3 is 5.97 Å². The van der Waals surface area contributed by atoms with E-state index in [1.807, 2.05) is 10.7 Å². The lowest BCUT2D eigenvalue weighted by molar-refractivity contribution is 0.0699. The molecule has 1 N–H and O–H groups in total. The molecule has 0 spiro atoms. The molecule has 0 radical (unpaired) electrons. The number of carboxylic acid groups (broad SMARTS) is 1. The lowest BCUT2D eigenvalue weighted by Crippen LogP contribution is -2.39. The largest absolute Gasteiger partial charge is 0.478 e. The van der Waals surface area contributed by atoms with Crippen molar-refractivity contribution in [1.29, 1.82) is 0 Å². The highest BCUT2D eigenvalue weighted by atomic mass is 16.4. The highest BCUT2D eigenvalue weighted by Gasteiger charge is 2.19. The molecule has 1 saturated heterocycles.